The van der Waals surface area contributed by atoms with Crippen molar-refractivity contribution < 1.29 is 14.3 Å². The first-order valence-corrected chi connectivity index (χ1v) is 12.9. The maximum Gasteiger partial charge on any atom is 0.222 e. The van der Waals surface area contributed by atoms with Crippen LogP contribution in [0.3, 0.4) is 0 Å². The molecular weight excluding hydrogens is 424 g/mol. The van der Waals surface area contributed by atoms with Crippen LogP contribution in [0.4, 0.5) is 0 Å². The average molecular weight is 465 g/mol. The van der Waals surface area contributed by atoms with Crippen molar-refractivity contribution in [1.29, 1.82) is 0 Å². The Morgan fingerprint density at radius 1 is 1.00 bits per heavy atom. The van der Waals surface area contributed by atoms with Gasteiger partial charge in [-0.3, -0.25) is 9.69 Å². The van der Waals surface area contributed by atoms with E-state index in [1.165, 1.54) is 30.4 Å². The molecule has 34 heavy (non-hydrogen) atoms. The molecule has 2 aromatic carbocycles. The second-order valence-electron chi connectivity index (χ2n) is 9.96. The number of aryl methyl sites for hydroxylation is 1. The molecule has 1 saturated heterocycles. The van der Waals surface area contributed by atoms with Crippen molar-refractivity contribution in [3.05, 3.63) is 59.7 Å². The van der Waals surface area contributed by atoms with Crippen LogP contribution in [-0.4, -0.2) is 55.6 Å². The molecule has 4 rings (SSSR count). The quantitative estimate of drug-likeness (QED) is 0.614. The molecule has 2 heterocycles. The Morgan fingerprint density at radius 2 is 1.76 bits per heavy atom. The highest BCUT2D eigenvalue weighted by Crippen LogP contribution is 2.39. The number of hydrogen-bond donors (Lipinski definition) is 0. The molecule has 184 valence electrons. The number of rotatable bonds is 4. The van der Waals surface area contributed by atoms with E-state index in [0.717, 1.165) is 63.5 Å². The first-order valence-electron chi connectivity index (χ1n) is 12.9. The van der Waals surface area contributed by atoms with Gasteiger partial charge in [0.2, 0.25) is 5.91 Å². The van der Waals surface area contributed by atoms with Crippen LogP contribution in [0.15, 0.2) is 48.5 Å². The minimum absolute atomic E-state index is 0.260. The van der Waals surface area contributed by atoms with Crippen LogP contribution >= 0.6 is 0 Å². The smallest absolute Gasteiger partial charge is 0.222 e. The van der Waals surface area contributed by atoms with E-state index in [9.17, 15) is 4.79 Å². The zero-order valence-electron chi connectivity index (χ0n) is 20.9. The summed E-state index contributed by atoms with van der Waals surface area (Å²) in [5.41, 5.74) is 2.87. The Labute approximate surface area is 205 Å². The van der Waals surface area contributed by atoms with Crippen LogP contribution in [0.5, 0.6) is 11.5 Å². The number of methoxy groups -OCH3 is 1. The number of hydrogen-bond acceptors (Lipinski definition) is 4. The van der Waals surface area contributed by atoms with Gasteiger partial charge in [-0.1, -0.05) is 43.7 Å². The fraction of sp³-hybridized carbons (Fsp3) is 0.552. The van der Waals surface area contributed by atoms with Gasteiger partial charge in [-0.05, 0) is 66.8 Å². The summed E-state index contributed by atoms with van der Waals surface area (Å²) in [5, 5.41) is 0. The number of ether oxygens (including phenoxy) is 2. The average Bonchev–Trinajstić information content (AvgIpc) is 2.87. The van der Waals surface area contributed by atoms with Gasteiger partial charge in [-0.2, -0.15) is 0 Å². The third kappa shape index (κ3) is 6.32. The fourth-order valence-electron chi connectivity index (χ4n) is 5.57. The molecule has 0 atom stereocenters. The molecule has 0 N–H and O–H groups in total. The number of amides is 1. The van der Waals surface area contributed by atoms with Gasteiger partial charge < -0.3 is 14.4 Å². The van der Waals surface area contributed by atoms with Gasteiger partial charge in [0.25, 0.3) is 0 Å². The number of para-hydroxylation sites is 1. The van der Waals surface area contributed by atoms with E-state index >= 15 is 0 Å². The number of fused-ring (bicyclic) bond motifs is 1. The molecule has 0 saturated carbocycles. The van der Waals surface area contributed by atoms with Gasteiger partial charge in [-0.25, -0.2) is 0 Å². The summed E-state index contributed by atoms with van der Waals surface area (Å²) in [6, 6.07) is 16.9. The SMILES string of the molecule is CCC(=O)N1CCC2(CCCCc3ccccc3OCCN(Cc3ccc(OC)cc3)C2)CC1. The lowest BCUT2D eigenvalue weighted by molar-refractivity contribution is -0.133. The molecular formula is C29H40N2O3. The zero-order valence-corrected chi connectivity index (χ0v) is 20.9. The molecule has 1 amide bonds. The molecule has 5 nitrogen and oxygen atoms in total. The van der Waals surface area contributed by atoms with Gasteiger partial charge in [0.05, 0.1) is 7.11 Å². The Balaban J connectivity index is 1.52. The largest absolute Gasteiger partial charge is 0.497 e. The molecule has 2 aromatic rings. The maximum atomic E-state index is 12.3. The van der Waals surface area contributed by atoms with Gasteiger partial charge in [-0.15, -0.1) is 0 Å². The molecule has 1 fully saturated rings. The molecule has 2 aliphatic rings. The molecule has 2 aliphatic heterocycles. The molecule has 5 heteroatoms. The number of nitrogens with zero attached hydrogens (tertiary/aromatic N) is 2. The van der Waals surface area contributed by atoms with Gasteiger partial charge in [0.1, 0.15) is 18.1 Å². The highest BCUT2D eigenvalue weighted by molar-refractivity contribution is 5.75. The third-order valence-corrected chi connectivity index (χ3v) is 7.64. The highest BCUT2D eigenvalue weighted by Gasteiger charge is 2.36. The third-order valence-electron chi connectivity index (χ3n) is 7.64. The first kappa shape index (κ1) is 24.6. The molecule has 0 unspecified atom stereocenters. The number of carbonyl (C=O) groups excluding carboxylic acids is 1. The van der Waals surface area contributed by atoms with E-state index in [1.54, 1.807) is 7.11 Å². The van der Waals surface area contributed by atoms with Gasteiger partial charge >= 0.3 is 0 Å². The van der Waals surface area contributed by atoms with Crippen molar-refractivity contribution in [3.63, 3.8) is 0 Å². The molecule has 0 bridgehead atoms. The van der Waals surface area contributed by atoms with Crippen molar-refractivity contribution in [2.75, 3.05) is 39.9 Å². The van der Waals surface area contributed by atoms with Gasteiger partial charge in [0.15, 0.2) is 0 Å². The summed E-state index contributed by atoms with van der Waals surface area (Å²) in [6.07, 6.45) is 7.48. The van der Waals surface area contributed by atoms with E-state index in [2.05, 4.69) is 46.2 Å². The monoisotopic (exact) mass is 464 g/mol. The zero-order chi connectivity index (χ0) is 23.8. The highest BCUT2D eigenvalue weighted by atomic mass is 16.5. The second-order valence-corrected chi connectivity index (χ2v) is 9.96. The minimum atomic E-state index is 0.260. The van der Waals surface area contributed by atoms with E-state index in [0.29, 0.717) is 18.9 Å². The van der Waals surface area contributed by atoms with Crippen LogP contribution in [-0.2, 0) is 17.8 Å². The Kier molecular flexibility index (Phi) is 8.49. The summed E-state index contributed by atoms with van der Waals surface area (Å²) < 4.78 is 11.6. The summed E-state index contributed by atoms with van der Waals surface area (Å²) >= 11 is 0. The second kappa shape index (κ2) is 11.7. The van der Waals surface area contributed by atoms with E-state index in [4.69, 9.17) is 9.47 Å². The Bertz CT molecular complexity index is 919. The van der Waals surface area contributed by atoms with Crippen LogP contribution in [0, 0.1) is 5.41 Å². The van der Waals surface area contributed by atoms with Crippen molar-refractivity contribution in [3.8, 4) is 11.5 Å². The number of carbonyl (C=O) groups is 1. The Hall–Kier alpha value is -2.53. The van der Waals surface area contributed by atoms with Crippen molar-refractivity contribution in [2.45, 2.75) is 58.4 Å². The summed E-state index contributed by atoms with van der Waals surface area (Å²) in [6.45, 7) is 7.28. The molecule has 0 aliphatic carbocycles. The first-order chi connectivity index (χ1) is 16.6. The predicted molar refractivity (Wildman–Crippen MR) is 136 cm³/mol. The van der Waals surface area contributed by atoms with Crippen LogP contribution in [0.25, 0.3) is 0 Å². The van der Waals surface area contributed by atoms with Gasteiger partial charge in [0, 0.05) is 39.1 Å². The van der Waals surface area contributed by atoms with E-state index < -0.39 is 0 Å². The summed E-state index contributed by atoms with van der Waals surface area (Å²) in [5.74, 6) is 2.22. The lowest BCUT2D eigenvalue weighted by Crippen LogP contribution is -2.48. The topological polar surface area (TPSA) is 42.0 Å². The Morgan fingerprint density at radius 3 is 2.50 bits per heavy atom. The van der Waals surface area contributed by atoms with Crippen molar-refractivity contribution in [2.24, 2.45) is 5.41 Å². The fourth-order valence-corrected chi connectivity index (χ4v) is 5.57. The number of likely N-dealkylation sites (tertiary alicyclic amines) is 1. The molecule has 0 aromatic heterocycles. The number of benzene rings is 2. The van der Waals surface area contributed by atoms with E-state index in [1.807, 2.05) is 19.1 Å². The predicted octanol–water partition coefficient (Wildman–Crippen LogP) is 5.32. The normalized spacial score (nSPS) is 19.4. The minimum Gasteiger partial charge on any atom is -0.497 e. The van der Waals surface area contributed by atoms with Crippen molar-refractivity contribution in [1.82, 2.24) is 9.80 Å². The molecule has 1 spiro atoms. The van der Waals surface area contributed by atoms with E-state index in [-0.39, 0.29) is 5.41 Å². The van der Waals surface area contributed by atoms with Crippen LogP contribution in [0.1, 0.15) is 56.6 Å². The lowest BCUT2D eigenvalue weighted by atomic mass is 9.73. The summed E-state index contributed by atoms with van der Waals surface area (Å²) in [4.78, 5) is 17.0. The van der Waals surface area contributed by atoms with Crippen LogP contribution < -0.4 is 9.47 Å². The lowest BCUT2D eigenvalue weighted by Gasteiger charge is -2.45. The summed E-state index contributed by atoms with van der Waals surface area (Å²) in [7, 11) is 1.71. The standard InChI is InChI=1S/C29H40N2O3/c1-3-28(32)31-18-16-29(17-19-31)15-7-6-9-25-8-4-5-10-27(25)34-21-20-30(23-29)22-24-11-13-26(33-2)14-12-24/h4-5,8,10-14H,3,6-7,9,15-23H2,1-2H3. The number of piperidine rings is 1. The maximum absolute atomic E-state index is 12.3. The van der Waals surface area contributed by atoms with Crippen molar-refractivity contribution >= 4 is 5.91 Å². The van der Waals surface area contributed by atoms with Crippen LogP contribution in [0.2, 0.25) is 0 Å². The molecule has 0 radical (unpaired) electrons.